The predicted octanol–water partition coefficient (Wildman–Crippen LogP) is 3.17. The van der Waals surface area contributed by atoms with Gasteiger partial charge in [-0.25, -0.2) is 0 Å². The van der Waals surface area contributed by atoms with E-state index in [2.05, 4.69) is 0 Å². The molecule has 1 saturated heterocycles. The second kappa shape index (κ2) is 6.68. The molecule has 3 atom stereocenters. The van der Waals surface area contributed by atoms with Gasteiger partial charge >= 0.3 is 0 Å². The molecule has 1 fully saturated rings. The molecule has 0 saturated carbocycles. The Morgan fingerprint density at radius 3 is 2.33 bits per heavy atom. The number of benzene rings is 2. The van der Waals surface area contributed by atoms with Gasteiger partial charge in [0, 0.05) is 0 Å². The van der Waals surface area contributed by atoms with Crippen LogP contribution in [0.15, 0.2) is 66.7 Å². The van der Waals surface area contributed by atoms with E-state index in [1.54, 1.807) is 0 Å². The lowest BCUT2D eigenvalue weighted by atomic mass is 10.0. The van der Waals surface area contributed by atoms with Gasteiger partial charge in [-0.05, 0) is 17.2 Å². The number of ether oxygens (including phenoxy) is 2. The van der Waals surface area contributed by atoms with Crippen LogP contribution in [-0.4, -0.2) is 24.1 Å². The number of hydrogen-bond acceptors (Lipinski definition) is 3. The molecule has 108 valence electrons. The molecule has 0 bridgehead atoms. The van der Waals surface area contributed by atoms with Crippen molar-refractivity contribution in [2.24, 2.45) is 0 Å². The first-order chi connectivity index (χ1) is 10.3. The molecule has 3 rings (SSSR count). The van der Waals surface area contributed by atoms with E-state index < -0.39 is 12.4 Å². The molecule has 0 unspecified atom stereocenters. The topological polar surface area (TPSA) is 38.7 Å². The van der Waals surface area contributed by atoms with Crippen LogP contribution in [0, 0.1) is 0 Å². The summed E-state index contributed by atoms with van der Waals surface area (Å²) in [5.41, 5.74) is 2.05. The van der Waals surface area contributed by atoms with Crippen LogP contribution in [0.4, 0.5) is 0 Å². The zero-order chi connectivity index (χ0) is 14.5. The molecule has 21 heavy (non-hydrogen) atoms. The first kappa shape index (κ1) is 14.0. The van der Waals surface area contributed by atoms with Gasteiger partial charge in [-0.2, -0.15) is 0 Å². The van der Waals surface area contributed by atoms with Crippen molar-refractivity contribution in [3.8, 4) is 0 Å². The molecule has 0 spiro atoms. The molecular formula is C18H18O3. The van der Waals surface area contributed by atoms with Crippen LogP contribution in [0.25, 0.3) is 6.08 Å². The normalized spacial score (nSPS) is 26.0. The summed E-state index contributed by atoms with van der Waals surface area (Å²) >= 11 is 0. The smallest absolute Gasteiger partial charge is 0.178 e. The van der Waals surface area contributed by atoms with E-state index in [9.17, 15) is 5.11 Å². The Morgan fingerprint density at radius 2 is 1.62 bits per heavy atom. The van der Waals surface area contributed by atoms with Crippen molar-refractivity contribution >= 4 is 6.08 Å². The number of hydrogen-bond donors (Lipinski definition) is 1. The Hall–Kier alpha value is -1.94. The summed E-state index contributed by atoms with van der Waals surface area (Å²) in [4.78, 5) is 0. The molecule has 0 radical (unpaired) electrons. The summed E-state index contributed by atoms with van der Waals surface area (Å²) in [5, 5.41) is 10.1. The van der Waals surface area contributed by atoms with Crippen LogP contribution in [0.2, 0.25) is 0 Å². The maximum atomic E-state index is 10.1. The molecule has 2 aromatic rings. The fraction of sp³-hybridized carbons (Fsp3) is 0.222. The van der Waals surface area contributed by atoms with Crippen molar-refractivity contribution in [1.29, 1.82) is 0 Å². The van der Waals surface area contributed by atoms with Crippen LogP contribution in [0.5, 0.6) is 0 Å². The molecule has 1 aliphatic rings. The molecule has 3 heteroatoms. The van der Waals surface area contributed by atoms with Crippen LogP contribution in [-0.2, 0) is 9.47 Å². The van der Waals surface area contributed by atoms with E-state index >= 15 is 0 Å². The monoisotopic (exact) mass is 282 g/mol. The summed E-state index contributed by atoms with van der Waals surface area (Å²) in [7, 11) is 0. The van der Waals surface area contributed by atoms with Crippen LogP contribution >= 0.6 is 0 Å². The van der Waals surface area contributed by atoms with Gasteiger partial charge in [0.05, 0.1) is 6.61 Å². The SMILES string of the molecule is O[C@H]1CO[C@H](/C=C/c2ccccc2)O[C@@H]1c1ccccc1. The van der Waals surface area contributed by atoms with Gasteiger partial charge in [0.15, 0.2) is 6.29 Å². The molecule has 2 aromatic carbocycles. The Bertz CT molecular complexity index is 580. The highest BCUT2D eigenvalue weighted by Crippen LogP contribution is 2.28. The molecule has 1 N–H and O–H groups in total. The minimum atomic E-state index is -0.645. The lowest BCUT2D eigenvalue weighted by Gasteiger charge is -2.33. The van der Waals surface area contributed by atoms with E-state index in [-0.39, 0.29) is 12.7 Å². The Balaban J connectivity index is 1.70. The zero-order valence-electron chi connectivity index (χ0n) is 11.6. The highest BCUT2D eigenvalue weighted by Gasteiger charge is 2.30. The highest BCUT2D eigenvalue weighted by molar-refractivity contribution is 5.49. The van der Waals surface area contributed by atoms with Gasteiger partial charge in [-0.15, -0.1) is 0 Å². The zero-order valence-corrected chi connectivity index (χ0v) is 11.6. The summed E-state index contributed by atoms with van der Waals surface area (Å²) in [6.07, 6.45) is 2.39. The van der Waals surface area contributed by atoms with Gasteiger partial charge in [0.25, 0.3) is 0 Å². The standard InChI is InChI=1S/C18H18O3/c19-16-13-20-17(12-11-14-7-3-1-4-8-14)21-18(16)15-9-5-2-6-10-15/h1-12,16-19H,13H2/b12-11+/t16-,17-,18+/m0/s1. The van der Waals surface area contributed by atoms with Crippen LogP contribution in [0.1, 0.15) is 17.2 Å². The third kappa shape index (κ3) is 3.58. The molecular weight excluding hydrogens is 264 g/mol. The molecule has 0 amide bonds. The minimum Gasteiger partial charge on any atom is -0.388 e. The minimum absolute atomic E-state index is 0.267. The number of aliphatic hydroxyl groups excluding tert-OH is 1. The first-order valence-corrected chi connectivity index (χ1v) is 7.06. The third-order valence-electron chi connectivity index (χ3n) is 3.43. The molecule has 1 aliphatic heterocycles. The van der Waals surface area contributed by atoms with E-state index in [0.717, 1.165) is 11.1 Å². The molecule has 1 heterocycles. The van der Waals surface area contributed by atoms with Crippen LogP contribution < -0.4 is 0 Å². The Labute approximate surface area is 124 Å². The second-order valence-electron chi connectivity index (χ2n) is 5.01. The van der Waals surface area contributed by atoms with Crippen molar-refractivity contribution in [2.45, 2.75) is 18.5 Å². The van der Waals surface area contributed by atoms with Crippen molar-refractivity contribution in [3.63, 3.8) is 0 Å². The summed E-state index contributed by atoms with van der Waals surface area (Å²) in [5.74, 6) is 0. The average Bonchev–Trinajstić information content (AvgIpc) is 2.56. The van der Waals surface area contributed by atoms with E-state index in [4.69, 9.17) is 9.47 Å². The van der Waals surface area contributed by atoms with Gasteiger partial charge in [0.1, 0.15) is 12.2 Å². The van der Waals surface area contributed by atoms with Gasteiger partial charge < -0.3 is 14.6 Å². The lowest BCUT2D eigenvalue weighted by Crippen LogP contribution is -2.37. The first-order valence-electron chi connectivity index (χ1n) is 7.06. The highest BCUT2D eigenvalue weighted by atomic mass is 16.7. The predicted molar refractivity (Wildman–Crippen MR) is 81.5 cm³/mol. The van der Waals surface area contributed by atoms with Gasteiger partial charge in [0.2, 0.25) is 0 Å². The Morgan fingerprint density at radius 1 is 0.952 bits per heavy atom. The van der Waals surface area contributed by atoms with E-state index in [0.29, 0.717) is 0 Å². The second-order valence-corrected chi connectivity index (χ2v) is 5.01. The fourth-order valence-corrected chi connectivity index (χ4v) is 2.35. The molecule has 0 aliphatic carbocycles. The van der Waals surface area contributed by atoms with Crippen molar-refractivity contribution in [1.82, 2.24) is 0 Å². The number of aliphatic hydroxyl groups is 1. The van der Waals surface area contributed by atoms with Gasteiger partial charge in [-0.1, -0.05) is 66.7 Å². The van der Waals surface area contributed by atoms with Crippen LogP contribution in [0.3, 0.4) is 0 Å². The maximum absolute atomic E-state index is 10.1. The molecule has 0 aromatic heterocycles. The summed E-state index contributed by atoms with van der Waals surface area (Å²) < 4.78 is 11.4. The van der Waals surface area contributed by atoms with E-state index in [1.807, 2.05) is 72.8 Å². The lowest BCUT2D eigenvalue weighted by molar-refractivity contribution is -0.234. The summed E-state index contributed by atoms with van der Waals surface area (Å²) in [6.45, 7) is 0.267. The largest absolute Gasteiger partial charge is 0.388 e. The number of rotatable bonds is 3. The third-order valence-corrected chi connectivity index (χ3v) is 3.43. The quantitative estimate of drug-likeness (QED) is 0.939. The maximum Gasteiger partial charge on any atom is 0.178 e. The van der Waals surface area contributed by atoms with Crippen molar-refractivity contribution < 1.29 is 14.6 Å². The van der Waals surface area contributed by atoms with Crippen molar-refractivity contribution in [2.75, 3.05) is 6.61 Å². The fourth-order valence-electron chi connectivity index (χ4n) is 2.35. The Kier molecular flexibility index (Phi) is 4.46. The van der Waals surface area contributed by atoms with Gasteiger partial charge in [-0.3, -0.25) is 0 Å². The van der Waals surface area contributed by atoms with E-state index in [1.165, 1.54) is 0 Å². The molecule has 3 nitrogen and oxygen atoms in total. The summed E-state index contributed by atoms with van der Waals surface area (Å²) in [6, 6.07) is 19.7. The average molecular weight is 282 g/mol. The van der Waals surface area contributed by atoms with Crippen molar-refractivity contribution in [3.05, 3.63) is 77.9 Å².